The van der Waals surface area contributed by atoms with E-state index in [0.29, 0.717) is 13.1 Å². The van der Waals surface area contributed by atoms with E-state index in [4.69, 9.17) is 4.74 Å². The molecule has 3 heterocycles. The molecule has 0 saturated carbocycles. The molecule has 0 amide bonds. The highest BCUT2D eigenvalue weighted by Gasteiger charge is 2.25. The molecule has 1 aromatic rings. The van der Waals surface area contributed by atoms with E-state index in [0.717, 1.165) is 38.3 Å². The zero-order chi connectivity index (χ0) is 15.5. The lowest BCUT2D eigenvalue weighted by Gasteiger charge is -2.37. The van der Waals surface area contributed by atoms with Crippen LogP contribution in [0.3, 0.4) is 0 Å². The second-order valence-electron chi connectivity index (χ2n) is 6.61. The van der Waals surface area contributed by atoms with Gasteiger partial charge in [-0.3, -0.25) is 9.80 Å². The van der Waals surface area contributed by atoms with Crippen molar-refractivity contribution in [3.63, 3.8) is 0 Å². The maximum absolute atomic E-state index is 10.4. The first-order valence-electron chi connectivity index (χ1n) is 8.16. The summed E-state index contributed by atoms with van der Waals surface area (Å²) >= 11 is 0. The SMILES string of the molecule is CC1CN(CC(O)CN2CCc3cncnc3C2)CC(C)O1. The van der Waals surface area contributed by atoms with Crippen LogP contribution in [0.1, 0.15) is 25.1 Å². The standard InChI is InChI=1S/C16H26N4O2/c1-12-6-20(7-13(2)22-12)9-15(21)8-19-4-3-14-5-17-11-18-16(14)10-19/h5,11-13,15,21H,3-4,6-10H2,1-2H3. The van der Waals surface area contributed by atoms with Crippen molar-refractivity contribution in [1.29, 1.82) is 0 Å². The number of hydrogen-bond acceptors (Lipinski definition) is 6. The number of aromatic nitrogens is 2. The van der Waals surface area contributed by atoms with Gasteiger partial charge in [-0.25, -0.2) is 9.97 Å². The monoisotopic (exact) mass is 306 g/mol. The summed E-state index contributed by atoms with van der Waals surface area (Å²) in [5.41, 5.74) is 2.34. The van der Waals surface area contributed by atoms with Gasteiger partial charge in [0.2, 0.25) is 0 Å². The van der Waals surface area contributed by atoms with Crippen LogP contribution in [0.2, 0.25) is 0 Å². The molecule has 2 aliphatic rings. The average Bonchev–Trinajstić information content (AvgIpc) is 2.45. The first-order chi connectivity index (χ1) is 10.6. The smallest absolute Gasteiger partial charge is 0.115 e. The Bertz CT molecular complexity index is 489. The summed E-state index contributed by atoms with van der Waals surface area (Å²) in [7, 11) is 0. The molecule has 3 rings (SSSR count). The number of aliphatic hydroxyl groups is 1. The van der Waals surface area contributed by atoms with Gasteiger partial charge >= 0.3 is 0 Å². The molecule has 2 aliphatic heterocycles. The molecular formula is C16H26N4O2. The summed E-state index contributed by atoms with van der Waals surface area (Å²) in [5.74, 6) is 0. The molecule has 1 aromatic heterocycles. The Morgan fingerprint density at radius 2 is 2.00 bits per heavy atom. The van der Waals surface area contributed by atoms with Gasteiger partial charge in [0.25, 0.3) is 0 Å². The van der Waals surface area contributed by atoms with Crippen LogP contribution in [0.4, 0.5) is 0 Å². The molecule has 1 saturated heterocycles. The van der Waals surface area contributed by atoms with Crippen molar-refractivity contribution in [3.8, 4) is 0 Å². The number of β-amino-alcohol motifs (C(OH)–C–C–N with tert-alkyl or cyclic N) is 1. The summed E-state index contributed by atoms with van der Waals surface area (Å²) < 4.78 is 5.74. The van der Waals surface area contributed by atoms with Crippen molar-refractivity contribution in [3.05, 3.63) is 23.8 Å². The molecule has 3 unspecified atom stereocenters. The van der Waals surface area contributed by atoms with Crippen LogP contribution >= 0.6 is 0 Å². The fraction of sp³-hybridized carbons (Fsp3) is 0.750. The lowest BCUT2D eigenvalue weighted by atomic mass is 10.1. The maximum atomic E-state index is 10.4. The van der Waals surface area contributed by atoms with Gasteiger partial charge in [-0.05, 0) is 25.8 Å². The van der Waals surface area contributed by atoms with Crippen LogP contribution in [-0.2, 0) is 17.7 Å². The highest BCUT2D eigenvalue weighted by atomic mass is 16.5. The topological polar surface area (TPSA) is 61.7 Å². The predicted molar refractivity (Wildman–Crippen MR) is 83.5 cm³/mol. The van der Waals surface area contributed by atoms with Gasteiger partial charge in [0.05, 0.1) is 24.0 Å². The van der Waals surface area contributed by atoms with Crippen LogP contribution in [0.25, 0.3) is 0 Å². The van der Waals surface area contributed by atoms with Gasteiger partial charge in [-0.1, -0.05) is 0 Å². The predicted octanol–water partition coefficient (Wildman–Crippen LogP) is 0.305. The molecule has 22 heavy (non-hydrogen) atoms. The third-order valence-electron chi connectivity index (χ3n) is 4.39. The van der Waals surface area contributed by atoms with Crippen LogP contribution in [0, 0.1) is 0 Å². The highest BCUT2D eigenvalue weighted by molar-refractivity contribution is 5.18. The van der Waals surface area contributed by atoms with E-state index in [-0.39, 0.29) is 18.3 Å². The second kappa shape index (κ2) is 7.00. The van der Waals surface area contributed by atoms with E-state index in [1.54, 1.807) is 6.33 Å². The zero-order valence-electron chi connectivity index (χ0n) is 13.5. The minimum Gasteiger partial charge on any atom is -0.390 e. The van der Waals surface area contributed by atoms with Gasteiger partial charge in [0.15, 0.2) is 0 Å². The molecule has 1 N–H and O–H groups in total. The highest BCUT2D eigenvalue weighted by Crippen LogP contribution is 2.16. The molecule has 0 radical (unpaired) electrons. The van der Waals surface area contributed by atoms with Crippen LogP contribution in [0.5, 0.6) is 0 Å². The molecule has 122 valence electrons. The van der Waals surface area contributed by atoms with E-state index < -0.39 is 0 Å². The molecule has 0 spiro atoms. The maximum Gasteiger partial charge on any atom is 0.115 e. The minimum atomic E-state index is -0.333. The van der Waals surface area contributed by atoms with Gasteiger partial charge in [0.1, 0.15) is 6.33 Å². The molecular weight excluding hydrogens is 280 g/mol. The van der Waals surface area contributed by atoms with Gasteiger partial charge in [-0.2, -0.15) is 0 Å². The van der Waals surface area contributed by atoms with E-state index in [1.807, 2.05) is 6.20 Å². The summed E-state index contributed by atoms with van der Waals surface area (Å²) in [5, 5.41) is 10.4. The number of morpholine rings is 1. The number of nitrogens with zero attached hydrogens (tertiary/aromatic N) is 4. The molecule has 3 atom stereocenters. The Hall–Kier alpha value is -1.08. The molecule has 6 nitrogen and oxygen atoms in total. The summed E-state index contributed by atoms with van der Waals surface area (Å²) in [6, 6.07) is 0. The number of aliphatic hydroxyl groups excluding tert-OH is 1. The Labute approximate surface area is 132 Å². The first kappa shape index (κ1) is 15.8. The summed E-state index contributed by atoms with van der Waals surface area (Å²) in [6.07, 6.45) is 4.64. The van der Waals surface area contributed by atoms with E-state index in [2.05, 4.69) is 33.6 Å². The van der Waals surface area contributed by atoms with Crippen molar-refractivity contribution < 1.29 is 9.84 Å². The number of ether oxygens (including phenoxy) is 1. The largest absolute Gasteiger partial charge is 0.390 e. The fourth-order valence-electron chi connectivity index (χ4n) is 3.55. The lowest BCUT2D eigenvalue weighted by Crippen LogP contribution is -2.50. The van der Waals surface area contributed by atoms with E-state index in [1.165, 1.54) is 5.56 Å². The molecule has 1 fully saturated rings. The normalized spacial score (nSPS) is 28.3. The molecule has 6 heteroatoms. The lowest BCUT2D eigenvalue weighted by molar-refractivity contribution is -0.0782. The second-order valence-corrected chi connectivity index (χ2v) is 6.61. The Morgan fingerprint density at radius 1 is 1.27 bits per heavy atom. The van der Waals surface area contributed by atoms with Crippen molar-refractivity contribution in [2.24, 2.45) is 0 Å². The number of hydrogen-bond donors (Lipinski definition) is 1. The number of fused-ring (bicyclic) bond motifs is 1. The van der Waals surface area contributed by atoms with Gasteiger partial charge in [-0.15, -0.1) is 0 Å². The third-order valence-corrected chi connectivity index (χ3v) is 4.39. The average molecular weight is 306 g/mol. The molecule has 0 aromatic carbocycles. The molecule has 0 aliphatic carbocycles. The third kappa shape index (κ3) is 4.01. The van der Waals surface area contributed by atoms with E-state index in [9.17, 15) is 5.11 Å². The fourth-order valence-corrected chi connectivity index (χ4v) is 3.55. The first-order valence-corrected chi connectivity index (χ1v) is 8.16. The van der Waals surface area contributed by atoms with Crippen LogP contribution in [-0.4, -0.2) is 75.9 Å². The summed E-state index contributed by atoms with van der Waals surface area (Å²) in [6.45, 7) is 9.18. The van der Waals surface area contributed by atoms with Gasteiger partial charge in [0, 0.05) is 45.5 Å². The summed E-state index contributed by atoms with van der Waals surface area (Å²) in [4.78, 5) is 13.0. The van der Waals surface area contributed by atoms with Crippen LogP contribution in [0.15, 0.2) is 12.5 Å². The van der Waals surface area contributed by atoms with Crippen LogP contribution < -0.4 is 0 Å². The van der Waals surface area contributed by atoms with Crippen molar-refractivity contribution >= 4 is 0 Å². The Morgan fingerprint density at radius 3 is 2.77 bits per heavy atom. The quantitative estimate of drug-likeness (QED) is 0.863. The van der Waals surface area contributed by atoms with Crippen molar-refractivity contribution in [2.45, 2.75) is 45.1 Å². The Balaban J connectivity index is 1.49. The van der Waals surface area contributed by atoms with E-state index >= 15 is 0 Å². The minimum absolute atomic E-state index is 0.245. The molecule has 0 bridgehead atoms. The number of rotatable bonds is 4. The van der Waals surface area contributed by atoms with Gasteiger partial charge < -0.3 is 9.84 Å². The van der Waals surface area contributed by atoms with Crippen molar-refractivity contribution in [1.82, 2.24) is 19.8 Å². The van der Waals surface area contributed by atoms with Crippen molar-refractivity contribution in [2.75, 3.05) is 32.7 Å². The Kier molecular flexibility index (Phi) is 5.03. The zero-order valence-corrected chi connectivity index (χ0v) is 13.5.